The molecule has 0 fully saturated rings. The first-order valence-corrected chi connectivity index (χ1v) is 6.19. The molecule has 0 heterocycles. The van der Waals surface area contributed by atoms with Crippen LogP contribution in [0.5, 0.6) is 5.75 Å². The van der Waals surface area contributed by atoms with Gasteiger partial charge in [0.05, 0.1) is 11.6 Å². The first-order valence-electron chi connectivity index (χ1n) is 5.39. The first kappa shape index (κ1) is 11.5. The van der Waals surface area contributed by atoms with Crippen molar-refractivity contribution in [1.29, 1.82) is 0 Å². The fraction of sp³-hybridized carbons (Fsp3) is 0.286. The van der Waals surface area contributed by atoms with Crippen LogP contribution >= 0.6 is 15.9 Å². The van der Waals surface area contributed by atoms with Crippen LogP contribution in [0.3, 0.4) is 0 Å². The van der Waals surface area contributed by atoms with Gasteiger partial charge in [-0.15, -0.1) is 0 Å². The standard InChI is InChI=1S/C14H15BrO/c1-9(2)10-4-6-12-11(8-10)5-7-13(16-3)14(12)15/h4-9H,1-3H3. The summed E-state index contributed by atoms with van der Waals surface area (Å²) >= 11 is 3.58. The molecule has 0 N–H and O–H groups in total. The molecule has 0 aliphatic carbocycles. The van der Waals surface area contributed by atoms with Gasteiger partial charge in [-0.25, -0.2) is 0 Å². The number of benzene rings is 2. The van der Waals surface area contributed by atoms with Crippen LogP contribution in [0.1, 0.15) is 25.3 Å². The summed E-state index contributed by atoms with van der Waals surface area (Å²) in [7, 11) is 1.69. The topological polar surface area (TPSA) is 9.23 Å². The van der Waals surface area contributed by atoms with Gasteiger partial charge in [0.25, 0.3) is 0 Å². The van der Waals surface area contributed by atoms with Crippen molar-refractivity contribution >= 4 is 26.7 Å². The Hall–Kier alpha value is -1.02. The highest BCUT2D eigenvalue weighted by molar-refractivity contribution is 9.10. The molecule has 2 rings (SSSR count). The molecule has 0 radical (unpaired) electrons. The summed E-state index contributed by atoms with van der Waals surface area (Å²) in [6, 6.07) is 10.7. The molecule has 2 aromatic rings. The Balaban J connectivity index is 2.65. The third kappa shape index (κ3) is 1.94. The van der Waals surface area contributed by atoms with Crippen molar-refractivity contribution in [3.05, 3.63) is 40.4 Å². The van der Waals surface area contributed by atoms with Crippen molar-refractivity contribution in [3.8, 4) is 5.75 Å². The van der Waals surface area contributed by atoms with Crippen LogP contribution in [0.15, 0.2) is 34.8 Å². The highest BCUT2D eigenvalue weighted by Gasteiger charge is 2.06. The van der Waals surface area contributed by atoms with Gasteiger partial charge in [-0.05, 0) is 44.3 Å². The second-order valence-electron chi connectivity index (χ2n) is 4.22. The minimum Gasteiger partial charge on any atom is -0.496 e. The molecular formula is C14H15BrO. The van der Waals surface area contributed by atoms with Crippen LogP contribution in [0.4, 0.5) is 0 Å². The second-order valence-corrected chi connectivity index (χ2v) is 5.01. The third-order valence-electron chi connectivity index (χ3n) is 2.83. The van der Waals surface area contributed by atoms with E-state index in [0.29, 0.717) is 5.92 Å². The highest BCUT2D eigenvalue weighted by atomic mass is 79.9. The van der Waals surface area contributed by atoms with Crippen LogP contribution in [0.25, 0.3) is 10.8 Å². The number of hydrogen-bond acceptors (Lipinski definition) is 1. The summed E-state index contributed by atoms with van der Waals surface area (Å²) in [4.78, 5) is 0. The summed E-state index contributed by atoms with van der Waals surface area (Å²) < 4.78 is 6.31. The lowest BCUT2D eigenvalue weighted by atomic mass is 9.99. The molecule has 0 aromatic heterocycles. The summed E-state index contributed by atoms with van der Waals surface area (Å²) in [5.41, 5.74) is 1.37. The van der Waals surface area contributed by atoms with Crippen LogP contribution < -0.4 is 4.74 Å². The number of ether oxygens (including phenoxy) is 1. The lowest BCUT2D eigenvalue weighted by Gasteiger charge is -2.10. The smallest absolute Gasteiger partial charge is 0.133 e. The van der Waals surface area contributed by atoms with Gasteiger partial charge in [0.15, 0.2) is 0 Å². The van der Waals surface area contributed by atoms with Gasteiger partial charge in [0.2, 0.25) is 0 Å². The third-order valence-corrected chi connectivity index (χ3v) is 3.65. The SMILES string of the molecule is COc1ccc2cc(C(C)C)ccc2c1Br. The molecule has 0 aliphatic heterocycles. The molecule has 1 nitrogen and oxygen atoms in total. The van der Waals surface area contributed by atoms with Crippen LogP contribution in [-0.2, 0) is 0 Å². The molecular weight excluding hydrogens is 264 g/mol. The van der Waals surface area contributed by atoms with E-state index in [4.69, 9.17) is 4.74 Å². The zero-order valence-corrected chi connectivity index (χ0v) is 11.3. The molecule has 0 unspecified atom stereocenters. The molecule has 16 heavy (non-hydrogen) atoms. The van der Waals surface area contributed by atoms with Crippen molar-refractivity contribution in [1.82, 2.24) is 0 Å². The Morgan fingerprint density at radius 3 is 2.50 bits per heavy atom. The van der Waals surface area contributed by atoms with Crippen molar-refractivity contribution in [3.63, 3.8) is 0 Å². The van der Waals surface area contributed by atoms with Gasteiger partial charge in [-0.1, -0.05) is 38.1 Å². The van der Waals surface area contributed by atoms with Gasteiger partial charge in [-0.3, -0.25) is 0 Å². The Morgan fingerprint density at radius 1 is 1.12 bits per heavy atom. The molecule has 0 spiro atoms. The van der Waals surface area contributed by atoms with Gasteiger partial charge >= 0.3 is 0 Å². The van der Waals surface area contributed by atoms with Crippen LogP contribution in [0, 0.1) is 0 Å². The van der Waals surface area contributed by atoms with E-state index < -0.39 is 0 Å². The van der Waals surface area contributed by atoms with E-state index >= 15 is 0 Å². The lowest BCUT2D eigenvalue weighted by Crippen LogP contribution is -1.89. The highest BCUT2D eigenvalue weighted by Crippen LogP contribution is 2.34. The molecule has 2 aromatic carbocycles. The molecule has 0 atom stereocenters. The average Bonchev–Trinajstić information content (AvgIpc) is 2.29. The largest absolute Gasteiger partial charge is 0.496 e. The number of rotatable bonds is 2. The molecule has 0 saturated carbocycles. The molecule has 2 heteroatoms. The number of methoxy groups -OCH3 is 1. The van der Waals surface area contributed by atoms with E-state index in [1.54, 1.807) is 7.11 Å². The minimum atomic E-state index is 0.560. The maximum Gasteiger partial charge on any atom is 0.133 e. The van der Waals surface area contributed by atoms with Crippen molar-refractivity contribution in [2.24, 2.45) is 0 Å². The van der Waals surface area contributed by atoms with Crippen LogP contribution in [0.2, 0.25) is 0 Å². The Morgan fingerprint density at radius 2 is 1.88 bits per heavy atom. The zero-order chi connectivity index (χ0) is 11.7. The molecule has 0 aliphatic rings. The fourth-order valence-electron chi connectivity index (χ4n) is 1.81. The summed E-state index contributed by atoms with van der Waals surface area (Å²) in [6.07, 6.45) is 0. The van der Waals surface area contributed by atoms with Crippen LogP contribution in [-0.4, -0.2) is 7.11 Å². The van der Waals surface area contributed by atoms with E-state index in [1.165, 1.54) is 16.3 Å². The Labute approximate surface area is 105 Å². The number of halogens is 1. The summed E-state index contributed by atoms with van der Waals surface area (Å²) in [5, 5.41) is 2.45. The zero-order valence-electron chi connectivity index (χ0n) is 9.75. The summed E-state index contributed by atoms with van der Waals surface area (Å²) in [5.74, 6) is 1.44. The van der Waals surface area contributed by atoms with Gasteiger partial charge < -0.3 is 4.74 Å². The second kappa shape index (κ2) is 4.46. The van der Waals surface area contributed by atoms with E-state index in [2.05, 4.69) is 54.0 Å². The predicted molar refractivity (Wildman–Crippen MR) is 72.3 cm³/mol. The molecule has 0 bridgehead atoms. The fourth-order valence-corrected chi connectivity index (χ4v) is 2.46. The van der Waals surface area contributed by atoms with Gasteiger partial charge in [0.1, 0.15) is 5.75 Å². The van der Waals surface area contributed by atoms with E-state index in [1.807, 2.05) is 6.07 Å². The monoisotopic (exact) mass is 278 g/mol. The molecule has 84 valence electrons. The van der Waals surface area contributed by atoms with Gasteiger partial charge in [-0.2, -0.15) is 0 Å². The summed E-state index contributed by atoms with van der Waals surface area (Å²) in [6.45, 7) is 4.42. The van der Waals surface area contributed by atoms with E-state index in [9.17, 15) is 0 Å². The minimum absolute atomic E-state index is 0.560. The van der Waals surface area contributed by atoms with Crippen molar-refractivity contribution in [2.45, 2.75) is 19.8 Å². The molecule has 0 amide bonds. The maximum atomic E-state index is 5.28. The number of fused-ring (bicyclic) bond motifs is 1. The first-order chi connectivity index (χ1) is 7.63. The average molecular weight is 279 g/mol. The lowest BCUT2D eigenvalue weighted by molar-refractivity contribution is 0.413. The van der Waals surface area contributed by atoms with Gasteiger partial charge in [0, 0.05) is 0 Å². The Kier molecular flexibility index (Phi) is 3.20. The number of hydrogen-bond donors (Lipinski definition) is 0. The Bertz CT molecular complexity index is 517. The van der Waals surface area contributed by atoms with E-state index in [0.717, 1.165) is 10.2 Å². The van der Waals surface area contributed by atoms with E-state index in [-0.39, 0.29) is 0 Å². The van der Waals surface area contributed by atoms with Crippen molar-refractivity contribution < 1.29 is 4.74 Å². The maximum absolute atomic E-state index is 5.28. The quantitative estimate of drug-likeness (QED) is 0.771. The van der Waals surface area contributed by atoms with Crippen molar-refractivity contribution in [2.75, 3.05) is 7.11 Å². The predicted octanol–water partition coefficient (Wildman–Crippen LogP) is 4.73. The molecule has 0 saturated heterocycles. The normalized spacial score (nSPS) is 11.1.